The minimum absolute atomic E-state index is 0.138. The maximum Gasteiger partial charge on any atom is 0.203 e. The highest BCUT2D eigenvalue weighted by Gasteiger charge is 2.13. The van der Waals surface area contributed by atoms with Gasteiger partial charge in [-0.1, -0.05) is 17.7 Å². The van der Waals surface area contributed by atoms with Crippen molar-refractivity contribution in [1.82, 2.24) is 0 Å². The zero-order valence-corrected chi connectivity index (χ0v) is 10.5. The van der Waals surface area contributed by atoms with E-state index in [2.05, 4.69) is 0 Å². The Hall–Kier alpha value is -1.41. The summed E-state index contributed by atoms with van der Waals surface area (Å²) in [6.07, 6.45) is 0. The lowest BCUT2D eigenvalue weighted by atomic mass is 10.0. The van der Waals surface area contributed by atoms with E-state index in [0.717, 1.165) is 21.6 Å². The second kappa shape index (κ2) is 4.22. The third-order valence-electron chi connectivity index (χ3n) is 2.60. The number of carbonyl (C=O) groups excluding carboxylic acids is 1. The molecule has 0 spiro atoms. The maximum atomic E-state index is 12.2. The van der Waals surface area contributed by atoms with Gasteiger partial charge in [0.2, 0.25) is 5.78 Å². The van der Waals surface area contributed by atoms with Crippen molar-refractivity contribution in [3.05, 3.63) is 56.8 Å². The summed E-state index contributed by atoms with van der Waals surface area (Å²) in [5.41, 5.74) is 2.99. The largest absolute Gasteiger partial charge is 0.288 e. The van der Waals surface area contributed by atoms with Crippen LogP contribution < -0.4 is 0 Å². The Morgan fingerprint density at radius 1 is 1.06 bits per heavy atom. The first kappa shape index (κ1) is 11.1. The number of rotatable bonds is 2. The van der Waals surface area contributed by atoms with Gasteiger partial charge in [-0.25, -0.2) is 0 Å². The molecule has 82 valence electrons. The monoisotopic (exact) mass is 230 g/mol. The Balaban J connectivity index is 2.45. The molecule has 1 aromatic heterocycles. The highest BCUT2D eigenvalue weighted by atomic mass is 32.1. The maximum absolute atomic E-state index is 12.2. The molecule has 0 radical (unpaired) electrons. The number of thiophene rings is 1. The standard InChI is InChI=1S/C14H14OS/c1-9-4-5-10(2)12(8-9)14(15)13-7-6-11(3)16-13/h4-8H,1-3H3. The van der Waals surface area contributed by atoms with E-state index >= 15 is 0 Å². The highest BCUT2D eigenvalue weighted by molar-refractivity contribution is 7.14. The van der Waals surface area contributed by atoms with E-state index < -0.39 is 0 Å². The average Bonchev–Trinajstić information content (AvgIpc) is 2.67. The lowest BCUT2D eigenvalue weighted by Gasteiger charge is -2.04. The van der Waals surface area contributed by atoms with Crippen LogP contribution in [0.4, 0.5) is 0 Å². The second-order valence-electron chi connectivity index (χ2n) is 4.06. The third kappa shape index (κ3) is 2.07. The Kier molecular flexibility index (Phi) is 2.92. The average molecular weight is 230 g/mol. The fourth-order valence-electron chi connectivity index (χ4n) is 1.67. The quantitative estimate of drug-likeness (QED) is 0.715. The van der Waals surface area contributed by atoms with Crippen LogP contribution in [0.25, 0.3) is 0 Å². The van der Waals surface area contributed by atoms with E-state index in [4.69, 9.17) is 0 Å². The third-order valence-corrected chi connectivity index (χ3v) is 3.60. The van der Waals surface area contributed by atoms with Crippen LogP contribution in [0.5, 0.6) is 0 Å². The predicted molar refractivity (Wildman–Crippen MR) is 68.4 cm³/mol. The van der Waals surface area contributed by atoms with Crippen molar-refractivity contribution in [1.29, 1.82) is 0 Å². The molecule has 16 heavy (non-hydrogen) atoms. The highest BCUT2D eigenvalue weighted by Crippen LogP contribution is 2.21. The normalized spacial score (nSPS) is 10.4. The summed E-state index contributed by atoms with van der Waals surface area (Å²) >= 11 is 1.56. The van der Waals surface area contributed by atoms with Crippen molar-refractivity contribution in [3.63, 3.8) is 0 Å². The summed E-state index contributed by atoms with van der Waals surface area (Å²) in [4.78, 5) is 14.2. The molecule has 2 heteroatoms. The van der Waals surface area contributed by atoms with Crippen LogP contribution in [0.3, 0.4) is 0 Å². The number of hydrogen-bond acceptors (Lipinski definition) is 2. The van der Waals surface area contributed by atoms with Crippen molar-refractivity contribution >= 4 is 17.1 Å². The summed E-state index contributed by atoms with van der Waals surface area (Å²) < 4.78 is 0. The molecule has 0 aliphatic heterocycles. The van der Waals surface area contributed by atoms with E-state index in [1.807, 2.05) is 51.1 Å². The van der Waals surface area contributed by atoms with Gasteiger partial charge in [0.25, 0.3) is 0 Å². The van der Waals surface area contributed by atoms with Crippen LogP contribution in [0.1, 0.15) is 31.2 Å². The van der Waals surface area contributed by atoms with Gasteiger partial charge in [-0.15, -0.1) is 11.3 Å². The molecule has 2 rings (SSSR count). The minimum Gasteiger partial charge on any atom is -0.288 e. The summed E-state index contributed by atoms with van der Waals surface area (Å²) in [5, 5.41) is 0. The number of ketones is 1. The summed E-state index contributed by atoms with van der Waals surface area (Å²) in [6, 6.07) is 9.90. The Morgan fingerprint density at radius 3 is 2.44 bits per heavy atom. The summed E-state index contributed by atoms with van der Waals surface area (Å²) in [6.45, 7) is 6.01. The SMILES string of the molecule is Cc1ccc(C)c(C(=O)c2ccc(C)s2)c1. The molecule has 1 nitrogen and oxygen atoms in total. The van der Waals surface area contributed by atoms with Crippen LogP contribution in [0.2, 0.25) is 0 Å². The Morgan fingerprint density at radius 2 is 1.81 bits per heavy atom. The molecule has 0 aliphatic rings. The lowest BCUT2D eigenvalue weighted by Crippen LogP contribution is -2.01. The predicted octanol–water partition coefficient (Wildman–Crippen LogP) is 3.90. The van der Waals surface area contributed by atoms with Crippen molar-refractivity contribution in [2.45, 2.75) is 20.8 Å². The molecule has 0 aliphatic carbocycles. The first-order chi connectivity index (χ1) is 7.58. The zero-order chi connectivity index (χ0) is 11.7. The number of aryl methyl sites for hydroxylation is 3. The van der Waals surface area contributed by atoms with E-state index in [9.17, 15) is 4.79 Å². The van der Waals surface area contributed by atoms with Crippen molar-refractivity contribution in [2.75, 3.05) is 0 Å². The molecule has 0 saturated heterocycles. The van der Waals surface area contributed by atoms with Crippen LogP contribution in [-0.2, 0) is 0 Å². The fourth-order valence-corrected chi connectivity index (χ4v) is 2.49. The molecule has 0 N–H and O–H groups in total. The van der Waals surface area contributed by atoms with Crippen molar-refractivity contribution < 1.29 is 4.79 Å². The molecule has 2 aromatic rings. The van der Waals surface area contributed by atoms with Gasteiger partial charge in [0.1, 0.15) is 0 Å². The molecular formula is C14H14OS. The van der Waals surface area contributed by atoms with Gasteiger partial charge in [-0.3, -0.25) is 4.79 Å². The Bertz CT molecular complexity index is 537. The van der Waals surface area contributed by atoms with E-state index in [-0.39, 0.29) is 5.78 Å². The first-order valence-electron chi connectivity index (χ1n) is 5.26. The van der Waals surface area contributed by atoms with Gasteiger partial charge >= 0.3 is 0 Å². The van der Waals surface area contributed by atoms with Crippen molar-refractivity contribution in [2.24, 2.45) is 0 Å². The number of benzene rings is 1. The molecule has 0 saturated carbocycles. The van der Waals surface area contributed by atoms with Gasteiger partial charge in [0.05, 0.1) is 4.88 Å². The molecule has 0 unspecified atom stereocenters. The molecule has 0 amide bonds. The lowest BCUT2D eigenvalue weighted by molar-refractivity contribution is 0.104. The van der Waals surface area contributed by atoms with Crippen LogP contribution >= 0.6 is 11.3 Å². The van der Waals surface area contributed by atoms with Gasteiger partial charge in [-0.05, 0) is 44.5 Å². The van der Waals surface area contributed by atoms with Gasteiger partial charge in [0.15, 0.2) is 0 Å². The zero-order valence-electron chi connectivity index (χ0n) is 9.70. The topological polar surface area (TPSA) is 17.1 Å². The minimum atomic E-state index is 0.138. The van der Waals surface area contributed by atoms with Crippen molar-refractivity contribution in [3.8, 4) is 0 Å². The summed E-state index contributed by atoms with van der Waals surface area (Å²) in [7, 11) is 0. The second-order valence-corrected chi connectivity index (χ2v) is 5.35. The fraction of sp³-hybridized carbons (Fsp3) is 0.214. The molecular weight excluding hydrogens is 216 g/mol. The number of hydrogen-bond donors (Lipinski definition) is 0. The number of carbonyl (C=O) groups is 1. The smallest absolute Gasteiger partial charge is 0.203 e. The van der Waals surface area contributed by atoms with E-state index in [1.54, 1.807) is 11.3 Å². The molecule has 1 aromatic carbocycles. The van der Waals surface area contributed by atoms with Gasteiger partial charge in [-0.2, -0.15) is 0 Å². The van der Waals surface area contributed by atoms with Crippen LogP contribution in [0, 0.1) is 20.8 Å². The van der Waals surface area contributed by atoms with Crippen LogP contribution in [-0.4, -0.2) is 5.78 Å². The first-order valence-corrected chi connectivity index (χ1v) is 6.08. The molecule has 0 atom stereocenters. The molecule has 0 fully saturated rings. The summed E-state index contributed by atoms with van der Waals surface area (Å²) in [5.74, 6) is 0.138. The van der Waals surface area contributed by atoms with Gasteiger partial charge in [0, 0.05) is 10.4 Å². The van der Waals surface area contributed by atoms with Gasteiger partial charge < -0.3 is 0 Å². The molecule has 1 heterocycles. The van der Waals surface area contributed by atoms with Crippen LogP contribution in [0.15, 0.2) is 30.3 Å². The Labute approximate surface area is 99.8 Å². The molecule has 0 bridgehead atoms. The van der Waals surface area contributed by atoms with E-state index in [0.29, 0.717) is 0 Å². The van der Waals surface area contributed by atoms with E-state index in [1.165, 1.54) is 4.88 Å².